The van der Waals surface area contributed by atoms with Crippen molar-refractivity contribution in [2.24, 2.45) is 0 Å². The monoisotopic (exact) mass is 234 g/mol. The third-order valence-corrected chi connectivity index (χ3v) is 2.92. The summed E-state index contributed by atoms with van der Waals surface area (Å²) in [5.74, 6) is 1.99. The lowest BCUT2D eigenvalue weighted by Crippen LogP contribution is -2.49. The van der Waals surface area contributed by atoms with Crippen molar-refractivity contribution in [2.75, 3.05) is 13.6 Å². The maximum Gasteiger partial charge on any atom is 0.281 e. The molecule has 0 aliphatic heterocycles. The molecule has 17 heavy (non-hydrogen) atoms. The van der Waals surface area contributed by atoms with Gasteiger partial charge in [0.15, 0.2) is 0 Å². The van der Waals surface area contributed by atoms with Crippen molar-refractivity contribution in [3.63, 3.8) is 0 Å². The molecule has 0 radical (unpaired) electrons. The Hall–Kier alpha value is -0.955. The van der Waals surface area contributed by atoms with Gasteiger partial charge in [-0.25, -0.2) is 0 Å². The van der Waals surface area contributed by atoms with Gasteiger partial charge in [-0.05, 0) is 18.3 Å². The van der Waals surface area contributed by atoms with E-state index < -0.39 is 0 Å². The Morgan fingerprint density at radius 3 is 1.94 bits per heavy atom. The van der Waals surface area contributed by atoms with Crippen molar-refractivity contribution in [3.8, 4) is 0 Å². The maximum atomic E-state index is 4.20. The Morgan fingerprint density at radius 2 is 1.65 bits per heavy atom. The summed E-state index contributed by atoms with van der Waals surface area (Å²) in [6, 6.07) is 0.951. The van der Waals surface area contributed by atoms with Gasteiger partial charge < -0.3 is 9.71 Å². The molecular weight excluding hydrogens is 207 g/mol. The minimum atomic E-state index is 0.220. The van der Waals surface area contributed by atoms with Gasteiger partial charge >= 0.3 is 0 Å². The van der Waals surface area contributed by atoms with Gasteiger partial charge in [-0.1, -0.05) is 39.7 Å². The molecule has 0 bridgehead atoms. The summed E-state index contributed by atoms with van der Waals surface area (Å²) < 4.78 is 0. The summed E-state index contributed by atoms with van der Waals surface area (Å²) in [5, 5.41) is 0. The molecule has 0 heterocycles. The Balaban J connectivity index is 4.84. The first-order chi connectivity index (χ1) is 7.84. The van der Waals surface area contributed by atoms with Crippen LogP contribution in [-0.4, -0.2) is 42.2 Å². The molecular formula is C14H27BN2. The van der Waals surface area contributed by atoms with Crippen molar-refractivity contribution in [1.29, 1.82) is 0 Å². The van der Waals surface area contributed by atoms with Crippen LogP contribution < -0.4 is 0 Å². The summed E-state index contributed by atoms with van der Waals surface area (Å²) >= 11 is 0. The fourth-order valence-corrected chi connectivity index (χ4v) is 2.22. The van der Waals surface area contributed by atoms with Gasteiger partial charge in [0, 0.05) is 13.6 Å². The van der Waals surface area contributed by atoms with E-state index in [4.69, 9.17) is 0 Å². The number of hydrogen-bond acceptors (Lipinski definition) is 2. The predicted octanol–water partition coefficient (Wildman–Crippen LogP) is 2.99. The van der Waals surface area contributed by atoms with Gasteiger partial charge in [0.1, 0.15) is 0 Å². The molecule has 3 heteroatoms. The number of nitrogens with zero attached hydrogens (tertiary/aromatic N) is 2. The lowest BCUT2D eigenvalue weighted by molar-refractivity contribution is 0.307. The summed E-state index contributed by atoms with van der Waals surface area (Å²) in [6.45, 7) is 21.8. The molecule has 0 amide bonds. The lowest BCUT2D eigenvalue weighted by atomic mass is 9.53. The largest absolute Gasteiger partial charge is 0.378 e. The van der Waals surface area contributed by atoms with Crippen molar-refractivity contribution in [3.05, 3.63) is 37.4 Å². The highest BCUT2D eigenvalue weighted by molar-refractivity contribution is 6.69. The van der Waals surface area contributed by atoms with E-state index in [0.717, 1.165) is 12.0 Å². The highest BCUT2D eigenvalue weighted by atomic mass is 15.1. The first kappa shape index (κ1) is 16.0. The van der Waals surface area contributed by atoms with Crippen LogP contribution in [0.5, 0.6) is 0 Å². The molecule has 0 saturated carbocycles. The maximum absolute atomic E-state index is 4.20. The van der Waals surface area contributed by atoms with E-state index in [2.05, 4.69) is 52.2 Å². The number of rotatable bonds is 8. The average Bonchev–Trinajstić information content (AvgIpc) is 2.23. The van der Waals surface area contributed by atoms with Crippen LogP contribution in [0.4, 0.5) is 0 Å². The highest BCUT2D eigenvalue weighted by Gasteiger charge is 2.27. The number of likely N-dealkylation sites (N-methyl/N-ethyl adjacent to an activating group) is 1. The topological polar surface area (TPSA) is 6.48 Å². The van der Waals surface area contributed by atoms with Crippen LogP contribution in [0.1, 0.15) is 27.7 Å². The second kappa shape index (κ2) is 7.39. The summed E-state index contributed by atoms with van der Waals surface area (Å²) in [7, 11) is 2.01. The van der Waals surface area contributed by atoms with E-state index in [0.29, 0.717) is 12.1 Å². The fourth-order valence-electron chi connectivity index (χ4n) is 2.22. The molecule has 0 N–H and O–H groups in total. The van der Waals surface area contributed by atoms with Crippen LogP contribution >= 0.6 is 0 Å². The molecule has 0 aliphatic carbocycles. The van der Waals surface area contributed by atoms with Crippen LogP contribution in [0.3, 0.4) is 0 Å². The Kier molecular flexibility index (Phi) is 6.97. The first-order valence-electron chi connectivity index (χ1n) is 6.25. The van der Waals surface area contributed by atoms with Gasteiger partial charge in [-0.15, -0.1) is 19.1 Å². The zero-order chi connectivity index (χ0) is 13.6. The van der Waals surface area contributed by atoms with Crippen LogP contribution in [0.2, 0.25) is 0 Å². The standard InChI is InChI=1S/C14H27BN2/c1-9-15(14(7)11-16(8)10-2)17(12(3)4)13(5)6/h9-10,12-13H,1-2,7,11H2,3-6,8H3. The minimum Gasteiger partial charge on any atom is -0.378 e. The number of hydrogen-bond donors (Lipinski definition) is 0. The average molecular weight is 234 g/mol. The van der Waals surface area contributed by atoms with Gasteiger partial charge in [0.05, 0.1) is 0 Å². The van der Waals surface area contributed by atoms with Gasteiger partial charge in [0.25, 0.3) is 6.85 Å². The van der Waals surface area contributed by atoms with Crippen LogP contribution in [-0.2, 0) is 0 Å². The molecule has 96 valence electrons. The van der Waals surface area contributed by atoms with Gasteiger partial charge in [-0.3, -0.25) is 0 Å². The molecule has 0 unspecified atom stereocenters. The molecule has 0 aromatic rings. The second-order valence-corrected chi connectivity index (χ2v) is 5.07. The van der Waals surface area contributed by atoms with E-state index in [1.165, 1.54) is 0 Å². The predicted molar refractivity (Wildman–Crippen MR) is 80.0 cm³/mol. The quantitative estimate of drug-likeness (QED) is 0.596. The summed E-state index contributed by atoms with van der Waals surface area (Å²) in [5.41, 5.74) is 1.16. The molecule has 0 rings (SSSR count). The third kappa shape index (κ3) is 4.82. The Morgan fingerprint density at radius 1 is 1.18 bits per heavy atom. The zero-order valence-electron chi connectivity index (χ0n) is 12.1. The third-order valence-electron chi connectivity index (χ3n) is 2.92. The van der Waals surface area contributed by atoms with Crippen molar-refractivity contribution in [1.82, 2.24) is 9.71 Å². The molecule has 0 saturated heterocycles. The molecule has 0 spiro atoms. The molecule has 0 aromatic carbocycles. The minimum absolute atomic E-state index is 0.220. The highest BCUT2D eigenvalue weighted by Crippen LogP contribution is 2.14. The Labute approximate surface area is 108 Å². The van der Waals surface area contributed by atoms with Crippen LogP contribution in [0, 0.1) is 0 Å². The van der Waals surface area contributed by atoms with E-state index in [1.807, 2.05) is 24.1 Å². The van der Waals surface area contributed by atoms with Crippen LogP contribution in [0.25, 0.3) is 0 Å². The van der Waals surface area contributed by atoms with Crippen LogP contribution in [0.15, 0.2) is 37.4 Å². The summed E-state index contributed by atoms with van der Waals surface area (Å²) in [6.07, 6.45) is 1.82. The van der Waals surface area contributed by atoms with Gasteiger partial charge in [-0.2, -0.15) is 0 Å². The molecule has 2 nitrogen and oxygen atoms in total. The first-order valence-corrected chi connectivity index (χ1v) is 6.25. The van der Waals surface area contributed by atoms with E-state index >= 15 is 0 Å². The van der Waals surface area contributed by atoms with Crippen molar-refractivity contribution in [2.45, 2.75) is 39.8 Å². The summed E-state index contributed by atoms with van der Waals surface area (Å²) in [4.78, 5) is 4.46. The fraction of sp³-hybridized carbons (Fsp3) is 0.571. The zero-order valence-corrected chi connectivity index (χ0v) is 12.1. The van der Waals surface area contributed by atoms with E-state index in [-0.39, 0.29) is 6.85 Å². The molecule has 0 fully saturated rings. The van der Waals surface area contributed by atoms with Crippen molar-refractivity contribution >= 4 is 6.85 Å². The molecule has 0 aliphatic rings. The van der Waals surface area contributed by atoms with E-state index in [1.54, 1.807) is 0 Å². The second-order valence-electron chi connectivity index (χ2n) is 5.07. The van der Waals surface area contributed by atoms with Gasteiger partial charge in [0.2, 0.25) is 0 Å². The van der Waals surface area contributed by atoms with E-state index in [9.17, 15) is 0 Å². The molecule has 0 atom stereocenters. The van der Waals surface area contributed by atoms with Crippen molar-refractivity contribution < 1.29 is 0 Å². The Bertz CT molecular complexity index is 263. The molecule has 0 aromatic heterocycles. The smallest absolute Gasteiger partial charge is 0.281 e. The SMILES string of the molecule is C=CB(C(=C)CN(C)C=C)N(C(C)C)C(C)C. The lowest BCUT2D eigenvalue weighted by Gasteiger charge is -2.36. The normalized spacial score (nSPS) is 10.8.